The van der Waals surface area contributed by atoms with Gasteiger partial charge in [0.15, 0.2) is 29.4 Å². The van der Waals surface area contributed by atoms with Gasteiger partial charge in [-0.3, -0.25) is 19.2 Å². The number of carbonyl (C=O) groups excluding carboxylic acids is 4. The van der Waals surface area contributed by atoms with Gasteiger partial charge in [-0.05, 0) is 63.6 Å². The summed E-state index contributed by atoms with van der Waals surface area (Å²) in [5.74, 6) is -2.10. The number of fused-ring (bicyclic) bond motifs is 4. The third-order valence-corrected chi connectivity index (χ3v) is 11.6. The van der Waals surface area contributed by atoms with Gasteiger partial charge in [-0.25, -0.2) is 9.59 Å². The monoisotopic (exact) mass is 966 g/mol. The molecule has 8 rings (SSSR count). The quantitative estimate of drug-likeness (QED) is 0.0868. The molecule has 4 fully saturated rings. The number of hydrogen-bond donors (Lipinski definition) is 1. The summed E-state index contributed by atoms with van der Waals surface area (Å²) in [6, 6.07) is 14.5. The highest BCUT2D eigenvalue weighted by molar-refractivity contribution is 6.67. The SMILES string of the molecule is CCOC(=O)c1c(O[C@H]2CO[C@H]3[C@@H]2OC[C@@H]3O)c2ccccc2n(CC)c1=O.CCOC(=O)c1c(O[C@H]2CO[C@H]3[C@@H]2OC[C@@H]3OC(=O)CCl)c2ccccc2n(CC)c1=O.O=C(Cl)CCl. The molecule has 6 heterocycles. The Kier molecular flexibility index (Phi) is 17.3. The van der Waals surface area contributed by atoms with Crippen molar-refractivity contribution in [2.24, 2.45) is 0 Å². The van der Waals surface area contributed by atoms with Gasteiger partial charge in [-0.2, -0.15) is 0 Å². The lowest BCUT2D eigenvalue weighted by Crippen LogP contribution is -2.37. The summed E-state index contributed by atoms with van der Waals surface area (Å²) >= 11 is 15.1. The van der Waals surface area contributed by atoms with E-state index < -0.39 is 83.1 Å². The first-order valence-corrected chi connectivity index (χ1v) is 22.4. The second-order valence-electron chi connectivity index (χ2n) is 14.7. The zero-order valence-electron chi connectivity index (χ0n) is 35.9. The molecule has 18 nitrogen and oxygen atoms in total. The first kappa shape index (κ1) is 49.6. The second kappa shape index (κ2) is 22.6. The van der Waals surface area contributed by atoms with E-state index in [0.29, 0.717) is 34.9 Å². The number of aromatic nitrogens is 2. The van der Waals surface area contributed by atoms with Crippen molar-refractivity contribution in [1.29, 1.82) is 0 Å². The highest BCUT2D eigenvalue weighted by atomic mass is 35.5. The van der Waals surface area contributed by atoms with Crippen LogP contribution in [0.25, 0.3) is 21.8 Å². The van der Waals surface area contributed by atoms with E-state index >= 15 is 0 Å². The molecular formula is C44H49Cl3N2O16. The van der Waals surface area contributed by atoms with Gasteiger partial charge < -0.3 is 56.9 Å². The van der Waals surface area contributed by atoms with Crippen molar-refractivity contribution in [2.45, 2.75) is 89.6 Å². The van der Waals surface area contributed by atoms with Gasteiger partial charge in [-0.15, -0.1) is 23.2 Å². The molecule has 0 unspecified atom stereocenters. The van der Waals surface area contributed by atoms with E-state index in [0.717, 1.165) is 0 Å². The van der Waals surface area contributed by atoms with Crippen LogP contribution in [0.15, 0.2) is 58.1 Å². The van der Waals surface area contributed by atoms with Crippen molar-refractivity contribution in [3.8, 4) is 11.5 Å². The van der Waals surface area contributed by atoms with Crippen LogP contribution in [0.1, 0.15) is 48.4 Å². The van der Waals surface area contributed by atoms with E-state index in [4.69, 9.17) is 77.4 Å². The number of para-hydroxylation sites is 2. The molecule has 1 N–H and O–H groups in total. The lowest BCUT2D eigenvalue weighted by molar-refractivity contribution is -0.150. The lowest BCUT2D eigenvalue weighted by Gasteiger charge is -2.22. The second-order valence-corrected chi connectivity index (χ2v) is 15.7. The number of halogens is 3. The van der Waals surface area contributed by atoms with Crippen LogP contribution in [0.3, 0.4) is 0 Å². The number of aliphatic hydroxyl groups excluding tert-OH is 1. The number of pyridine rings is 2. The number of aliphatic hydroxyl groups is 1. The van der Waals surface area contributed by atoms with E-state index in [1.165, 1.54) is 9.13 Å². The Morgan fingerprint density at radius 2 is 1.03 bits per heavy atom. The largest absolute Gasteiger partial charge is 0.483 e. The summed E-state index contributed by atoms with van der Waals surface area (Å²) in [7, 11) is 0. The van der Waals surface area contributed by atoms with Crippen LogP contribution < -0.4 is 20.6 Å². The van der Waals surface area contributed by atoms with E-state index in [-0.39, 0.29) is 74.0 Å². The molecule has 2 aromatic heterocycles. The van der Waals surface area contributed by atoms with Gasteiger partial charge in [0.25, 0.3) is 11.1 Å². The molecule has 0 bridgehead atoms. The molecule has 0 radical (unpaired) electrons. The van der Waals surface area contributed by atoms with Crippen LogP contribution in [0.5, 0.6) is 11.5 Å². The molecule has 0 aliphatic carbocycles. The fraction of sp³-hybridized carbons (Fsp3) is 0.500. The van der Waals surface area contributed by atoms with Gasteiger partial charge in [0.1, 0.15) is 47.9 Å². The summed E-state index contributed by atoms with van der Waals surface area (Å²) < 4.78 is 53.8. The molecular weight excluding hydrogens is 919 g/mol. The van der Waals surface area contributed by atoms with Crippen LogP contribution in [0.4, 0.5) is 0 Å². The van der Waals surface area contributed by atoms with Crippen molar-refractivity contribution >= 4 is 79.8 Å². The molecule has 0 spiro atoms. The van der Waals surface area contributed by atoms with Crippen molar-refractivity contribution in [3.05, 3.63) is 80.4 Å². The van der Waals surface area contributed by atoms with Gasteiger partial charge >= 0.3 is 17.9 Å². The zero-order chi connectivity index (χ0) is 46.9. The predicted octanol–water partition coefficient (Wildman–Crippen LogP) is 3.99. The first-order valence-electron chi connectivity index (χ1n) is 21.0. The van der Waals surface area contributed by atoms with Crippen molar-refractivity contribution < 1.29 is 66.9 Å². The van der Waals surface area contributed by atoms with E-state index in [9.17, 15) is 33.9 Å². The molecule has 4 aliphatic rings. The normalized spacial score (nSPS) is 23.9. The van der Waals surface area contributed by atoms with Crippen LogP contribution >= 0.6 is 34.8 Å². The fourth-order valence-corrected chi connectivity index (χ4v) is 8.14. The fourth-order valence-electron chi connectivity index (χ4n) is 8.07. The van der Waals surface area contributed by atoms with Crippen LogP contribution in [0, 0.1) is 0 Å². The summed E-state index contributed by atoms with van der Waals surface area (Å²) in [5, 5.41) is 10.7. The highest BCUT2D eigenvalue weighted by Crippen LogP contribution is 2.37. The summed E-state index contributed by atoms with van der Waals surface area (Å²) in [4.78, 5) is 72.7. The van der Waals surface area contributed by atoms with E-state index in [1.54, 1.807) is 38.1 Å². The Morgan fingerprint density at radius 1 is 0.631 bits per heavy atom. The maximum Gasteiger partial charge on any atom is 0.347 e. The molecule has 21 heteroatoms. The smallest absolute Gasteiger partial charge is 0.347 e. The minimum absolute atomic E-state index is 0.0957. The summed E-state index contributed by atoms with van der Waals surface area (Å²) in [6.45, 7) is 8.69. The zero-order valence-corrected chi connectivity index (χ0v) is 38.2. The van der Waals surface area contributed by atoms with Crippen molar-refractivity contribution in [3.63, 3.8) is 0 Å². The number of esters is 3. The first-order chi connectivity index (χ1) is 31.3. The Morgan fingerprint density at radius 3 is 1.46 bits per heavy atom. The number of rotatable bonds is 13. The molecule has 4 saturated heterocycles. The third kappa shape index (κ3) is 10.6. The molecule has 65 heavy (non-hydrogen) atoms. The Balaban J connectivity index is 0.000000197. The standard InChI is InChI=1S/C22H24ClNO8.C20H23NO7.C2H2Cl2O/c1-3-24-13-8-6-5-7-12(13)18(17(21(24)26)22(27)28-4-2)32-15-11-30-19-14(10-29-20(15)19)31-16(25)9-23;1-3-21-12-8-6-5-7-11(12)16(15(19(21)23)20(24)25-4-2)28-14-10-27-17-13(22)9-26-18(14)17;3-1-2(4)5/h5-8,14-15,19-20H,3-4,9-11H2,1-2H3;5-8,13-14,17-18,22H,3-4,9-10H2,1-2H3;1H2/t14-,15-,19+,20+;13-,14-,17+,18+;/m00./s1. The number of hydrogen-bond acceptors (Lipinski definition) is 16. The maximum atomic E-state index is 13.2. The molecule has 4 aromatic rings. The summed E-state index contributed by atoms with van der Waals surface area (Å²) in [6.07, 6.45) is -4.48. The number of alkyl halides is 2. The molecule has 8 atom stereocenters. The number of nitrogens with zero attached hydrogens (tertiary/aromatic N) is 2. The van der Waals surface area contributed by atoms with Crippen molar-refractivity contribution in [2.75, 3.05) is 51.4 Å². The summed E-state index contributed by atoms with van der Waals surface area (Å²) in [5.41, 5.74) is 0.0536. The van der Waals surface area contributed by atoms with Gasteiger partial charge in [-0.1, -0.05) is 24.3 Å². The predicted molar refractivity (Wildman–Crippen MR) is 236 cm³/mol. The minimum atomic E-state index is -0.753. The van der Waals surface area contributed by atoms with E-state index in [2.05, 4.69) is 0 Å². The van der Waals surface area contributed by atoms with Gasteiger partial charge in [0, 0.05) is 23.9 Å². The molecule has 4 aliphatic heterocycles. The number of carbonyl (C=O) groups is 4. The highest BCUT2D eigenvalue weighted by Gasteiger charge is 2.51. The molecule has 0 saturated carbocycles. The number of ether oxygens (including phenoxy) is 9. The number of aryl methyl sites for hydroxylation is 2. The van der Waals surface area contributed by atoms with Crippen LogP contribution in [-0.4, -0.2) is 138 Å². The Bertz CT molecular complexity index is 2500. The molecule has 0 amide bonds. The maximum absolute atomic E-state index is 13.2. The Labute approximate surface area is 387 Å². The Hall–Kier alpha value is -4.79. The topological polar surface area (TPSA) is 216 Å². The van der Waals surface area contributed by atoms with Crippen molar-refractivity contribution in [1.82, 2.24) is 9.13 Å². The lowest BCUT2D eigenvalue weighted by atomic mass is 10.1. The molecule has 2 aromatic carbocycles. The minimum Gasteiger partial charge on any atom is -0.483 e. The van der Waals surface area contributed by atoms with Gasteiger partial charge in [0.2, 0.25) is 5.24 Å². The average Bonchev–Trinajstić information content (AvgIpc) is 4.09. The molecule has 352 valence electrons. The van der Waals surface area contributed by atoms with Crippen LogP contribution in [-0.2, 0) is 55.8 Å². The van der Waals surface area contributed by atoms with Crippen LogP contribution in [0.2, 0.25) is 0 Å². The van der Waals surface area contributed by atoms with E-state index in [1.807, 2.05) is 38.1 Å². The third-order valence-electron chi connectivity index (χ3n) is 10.8. The average molecular weight is 968 g/mol. The van der Waals surface area contributed by atoms with Gasteiger partial charge in [0.05, 0.1) is 56.6 Å². The number of benzene rings is 2.